The normalized spacial score (nSPS) is 11.8. The summed E-state index contributed by atoms with van der Waals surface area (Å²) in [5.74, 6) is 0.473. The van der Waals surface area contributed by atoms with Crippen LogP contribution < -0.4 is 5.56 Å². The van der Waals surface area contributed by atoms with Crippen LogP contribution in [-0.2, 0) is 12.5 Å². The highest BCUT2D eigenvalue weighted by molar-refractivity contribution is 7.71. The molecule has 0 bridgehead atoms. The fraction of sp³-hybridized carbons (Fsp3) is 0.417. The molecule has 0 aromatic carbocycles. The van der Waals surface area contributed by atoms with E-state index in [2.05, 4.69) is 36.0 Å². The molecule has 0 unspecified atom stereocenters. The third-order valence-electron chi connectivity index (χ3n) is 2.83. The second-order valence-electron chi connectivity index (χ2n) is 5.26. The van der Waals surface area contributed by atoms with E-state index in [4.69, 9.17) is 12.2 Å². The van der Waals surface area contributed by atoms with Crippen LogP contribution in [0.15, 0.2) is 16.9 Å². The van der Waals surface area contributed by atoms with Crippen molar-refractivity contribution in [3.63, 3.8) is 0 Å². The number of aromatic amines is 2. The predicted molar refractivity (Wildman–Crippen MR) is 73.1 cm³/mol. The molecule has 0 aliphatic carbocycles. The molecular formula is C12H16N4OS. The summed E-state index contributed by atoms with van der Waals surface area (Å²) in [5, 5.41) is 5.48. The fourth-order valence-electron chi connectivity index (χ4n) is 1.97. The van der Waals surface area contributed by atoms with Crippen LogP contribution in [0.3, 0.4) is 0 Å². The van der Waals surface area contributed by atoms with Crippen molar-refractivity contribution in [1.82, 2.24) is 19.7 Å². The topological polar surface area (TPSA) is 66.5 Å². The Kier molecular flexibility index (Phi) is 2.98. The molecule has 5 nitrogen and oxygen atoms in total. The summed E-state index contributed by atoms with van der Waals surface area (Å²) in [7, 11) is 1.77. The molecule has 2 aromatic heterocycles. The number of nitrogens with zero attached hydrogens (tertiary/aromatic N) is 2. The van der Waals surface area contributed by atoms with Crippen LogP contribution in [0.5, 0.6) is 0 Å². The molecule has 0 saturated heterocycles. The van der Waals surface area contributed by atoms with E-state index in [1.807, 2.05) is 6.07 Å². The van der Waals surface area contributed by atoms with Gasteiger partial charge >= 0.3 is 0 Å². The van der Waals surface area contributed by atoms with E-state index in [-0.39, 0.29) is 11.0 Å². The second kappa shape index (κ2) is 4.20. The Balaban J connectivity index is 2.65. The number of nitrogens with one attached hydrogen (secondary N) is 2. The molecule has 0 aliphatic heterocycles. The van der Waals surface area contributed by atoms with Crippen molar-refractivity contribution in [2.45, 2.75) is 26.2 Å². The molecule has 0 spiro atoms. The maximum absolute atomic E-state index is 12.3. The summed E-state index contributed by atoms with van der Waals surface area (Å²) in [4.78, 5) is 16.4. The van der Waals surface area contributed by atoms with Gasteiger partial charge in [-0.2, -0.15) is 4.98 Å². The molecule has 6 heteroatoms. The van der Waals surface area contributed by atoms with Crippen molar-refractivity contribution in [3.8, 4) is 11.4 Å². The first kappa shape index (κ1) is 12.8. The van der Waals surface area contributed by atoms with Gasteiger partial charge in [-0.1, -0.05) is 20.8 Å². The van der Waals surface area contributed by atoms with E-state index in [1.165, 1.54) is 0 Å². The SMILES string of the molecule is Cn1c(C(C)(C)C)ccc(-c2nc(=S)[nH][nH]2)c1=O. The highest BCUT2D eigenvalue weighted by Gasteiger charge is 2.19. The van der Waals surface area contributed by atoms with Gasteiger partial charge in [-0.25, -0.2) is 0 Å². The van der Waals surface area contributed by atoms with Gasteiger partial charge in [0, 0.05) is 18.2 Å². The zero-order chi connectivity index (χ0) is 13.5. The molecule has 0 amide bonds. The van der Waals surface area contributed by atoms with Gasteiger partial charge in [-0.3, -0.25) is 15.0 Å². The minimum absolute atomic E-state index is 0.0785. The lowest BCUT2D eigenvalue weighted by atomic mass is 9.91. The van der Waals surface area contributed by atoms with Crippen LogP contribution in [0.2, 0.25) is 0 Å². The summed E-state index contributed by atoms with van der Waals surface area (Å²) in [6, 6.07) is 3.73. The van der Waals surface area contributed by atoms with Gasteiger partial charge in [0.15, 0.2) is 5.82 Å². The first-order valence-electron chi connectivity index (χ1n) is 5.66. The van der Waals surface area contributed by atoms with E-state index in [1.54, 1.807) is 17.7 Å². The van der Waals surface area contributed by atoms with Crippen molar-refractivity contribution >= 4 is 12.2 Å². The van der Waals surface area contributed by atoms with Crippen LogP contribution >= 0.6 is 12.2 Å². The van der Waals surface area contributed by atoms with Crippen LogP contribution in [0.1, 0.15) is 26.5 Å². The maximum atomic E-state index is 12.3. The molecule has 0 atom stereocenters. The number of aromatic nitrogens is 4. The molecule has 2 heterocycles. The van der Waals surface area contributed by atoms with E-state index in [0.29, 0.717) is 16.2 Å². The molecule has 18 heavy (non-hydrogen) atoms. The maximum Gasteiger partial charge on any atom is 0.261 e. The highest BCUT2D eigenvalue weighted by atomic mass is 32.1. The molecule has 2 aromatic rings. The third kappa shape index (κ3) is 2.15. The number of hydrogen-bond acceptors (Lipinski definition) is 3. The van der Waals surface area contributed by atoms with E-state index in [0.717, 1.165) is 5.69 Å². The Morgan fingerprint density at radius 2 is 1.94 bits per heavy atom. The summed E-state index contributed by atoms with van der Waals surface area (Å²) >= 11 is 4.89. The molecule has 96 valence electrons. The summed E-state index contributed by atoms with van der Waals surface area (Å²) in [6.07, 6.45) is 0. The van der Waals surface area contributed by atoms with Crippen molar-refractivity contribution in [3.05, 3.63) is 33.0 Å². The highest BCUT2D eigenvalue weighted by Crippen LogP contribution is 2.21. The molecule has 0 radical (unpaired) electrons. The summed E-state index contributed by atoms with van der Waals surface area (Å²) < 4.78 is 1.99. The van der Waals surface area contributed by atoms with E-state index in [9.17, 15) is 4.79 Å². The van der Waals surface area contributed by atoms with Gasteiger partial charge in [-0.15, -0.1) is 0 Å². The van der Waals surface area contributed by atoms with Gasteiger partial charge in [-0.05, 0) is 24.4 Å². The standard InChI is InChI=1S/C12H16N4OS/c1-12(2,3)8-6-5-7(10(17)16(8)4)9-13-11(18)15-14-9/h5-6H,1-4H3,(H2,13,14,15,18). The largest absolute Gasteiger partial charge is 0.315 e. The zero-order valence-corrected chi connectivity index (χ0v) is 11.7. The van der Waals surface area contributed by atoms with Gasteiger partial charge < -0.3 is 4.57 Å². The molecule has 0 saturated carbocycles. The zero-order valence-electron chi connectivity index (χ0n) is 10.9. The third-order valence-corrected chi connectivity index (χ3v) is 3.02. The Morgan fingerprint density at radius 3 is 2.44 bits per heavy atom. The van der Waals surface area contributed by atoms with Gasteiger partial charge in [0.05, 0.1) is 5.56 Å². The molecule has 0 fully saturated rings. The van der Waals surface area contributed by atoms with Crippen molar-refractivity contribution in [2.24, 2.45) is 7.05 Å². The van der Waals surface area contributed by atoms with E-state index < -0.39 is 0 Å². The van der Waals surface area contributed by atoms with Crippen LogP contribution in [0.4, 0.5) is 0 Å². The second-order valence-corrected chi connectivity index (χ2v) is 5.65. The average molecular weight is 264 g/mol. The number of H-pyrrole nitrogens is 2. The van der Waals surface area contributed by atoms with Crippen LogP contribution in [0.25, 0.3) is 11.4 Å². The number of hydrogen-bond donors (Lipinski definition) is 2. The monoisotopic (exact) mass is 264 g/mol. The fourth-order valence-corrected chi connectivity index (χ4v) is 2.11. The average Bonchev–Trinajstić information content (AvgIpc) is 2.67. The van der Waals surface area contributed by atoms with Gasteiger partial charge in [0.25, 0.3) is 5.56 Å². The summed E-state index contributed by atoms with van der Waals surface area (Å²) in [6.45, 7) is 6.22. The smallest absolute Gasteiger partial charge is 0.261 e. The van der Waals surface area contributed by atoms with Crippen molar-refractivity contribution in [1.29, 1.82) is 0 Å². The number of pyridine rings is 1. The lowest BCUT2D eigenvalue weighted by Gasteiger charge is -2.22. The quantitative estimate of drug-likeness (QED) is 0.775. The predicted octanol–water partition coefficient (Wildman–Crippen LogP) is 2.13. The van der Waals surface area contributed by atoms with Crippen LogP contribution in [0, 0.1) is 4.77 Å². The molecule has 2 rings (SSSR count). The Labute approximate surface area is 110 Å². The number of rotatable bonds is 1. The minimum Gasteiger partial charge on any atom is -0.315 e. The minimum atomic E-state index is -0.0832. The van der Waals surface area contributed by atoms with Crippen LogP contribution in [-0.4, -0.2) is 19.7 Å². The van der Waals surface area contributed by atoms with Gasteiger partial charge in [0.1, 0.15) is 0 Å². The summed E-state index contributed by atoms with van der Waals surface area (Å²) in [5.41, 5.74) is 1.33. The van der Waals surface area contributed by atoms with Gasteiger partial charge in [0.2, 0.25) is 4.77 Å². The Morgan fingerprint density at radius 1 is 1.28 bits per heavy atom. The van der Waals surface area contributed by atoms with Crippen molar-refractivity contribution in [2.75, 3.05) is 0 Å². The first-order chi connectivity index (χ1) is 8.30. The Hall–Kier alpha value is -1.69. The molecule has 0 aliphatic rings. The Bertz CT molecular complexity index is 687. The lowest BCUT2D eigenvalue weighted by molar-refractivity contribution is 0.531. The molecular weight excluding hydrogens is 248 g/mol. The lowest BCUT2D eigenvalue weighted by Crippen LogP contribution is -2.28. The van der Waals surface area contributed by atoms with E-state index >= 15 is 0 Å². The first-order valence-corrected chi connectivity index (χ1v) is 6.07. The van der Waals surface area contributed by atoms with Crippen molar-refractivity contribution < 1.29 is 0 Å². The molecule has 2 N–H and O–H groups in total.